The van der Waals surface area contributed by atoms with E-state index in [9.17, 15) is 9.18 Å². The number of halogens is 2. The lowest BCUT2D eigenvalue weighted by Gasteiger charge is -2.30. The van der Waals surface area contributed by atoms with Crippen LogP contribution in [0.25, 0.3) is 0 Å². The highest BCUT2D eigenvalue weighted by Gasteiger charge is 2.38. The number of carbonyl (C=O) groups excluding carboxylic acids is 1. The highest BCUT2D eigenvalue weighted by molar-refractivity contribution is 9.09. The molecule has 0 saturated heterocycles. The highest BCUT2D eigenvalue weighted by atomic mass is 79.9. The largest absolute Gasteiger partial charge is 0.334 e. The van der Waals surface area contributed by atoms with Crippen LogP contribution >= 0.6 is 15.9 Å². The molecule has 2 aliphatic rings. The summed E-state index contributed by atoms with van der Waals surface area (Å²) in [6.07, 6.45) is 4.28. The lowest BCUT2D eigenvalue weighted by atomic mass is 10.0. The van der Waals surface area contributed by atoms with Crippen LogP contribution in [0.15, 0.2) is 18.2 Å². The van der Waals surface area contributed by atoms with Gasteiger partial charge in [0.2, 0.25) is 5.91 Å². The van der Waals surface area contributed by atoms with Crippen molar-refractivity contribution in [2.45, 2.75) is 38.3 Å². The van der Waals surface area contributed by atoms with Gasteiger partial charge in [-0.15, -0.1) is 0 Å². The second-order valence-corrected chi connectivity index (χ2v) is 6.07. The molecule has 1 aromatic carbocycles. The molecule has 4 heteroatoms. The third-order valence-electron chi connectivity index (χ3n) is 4.22. The Kier molecular flexibility index (Phi) is 3.61. The van der Waals surface area contributed by atoms with E-state index in [1.54, 1.807) is 6.07 Å². The molecule has 19 heavy (non-hydrogen) atoms. The maximum atomic E-state index is 13.3. The van der Waals surface area contributed by atoms with Crippen LogP contribution in [0.5, 0.6) is 0 Å². The number of hydrogen-bond donors (Lipinski definition) is 0. The molecule has 1 amide bonds. The van der Waals surface area contributed by atoms with Gasteiger partial charge in [0.25, 0.3) is 0 Å². The van der Waals surface area contributed by atoms with Crippen LogP contribution < -0.4 is 0 Å². The minimum absolute atomic E-state index is 0.147. The van der Waals surface area contributed by atoms with E-state index in [1.807, 2.05) is 11.0 Å². The topological polar surface area (TPSA) is 20.3 Å². The standard InChI is InChI=1S/C15H17BrFNO/c16-8-15(19)18-9-12-3-5-13(17)7-11(12)4-6-14(18)10-1-2-10/h3,5,7,10,14H,1-2,4,6,8-9H2/t14-/m1/s1. The number of hydrogen-bond acceptors (Lipinski definition) is 1. The van der Waals surface area contributed by atoms with Crippen molar-refractivity contribution >= 4 is 21.8 Å². The zero-order valence-corrected chi connectivity index (χ0v) is 12.3. The van der Waals surface area contributed by atoms with Crippen LogP contribution in [0.1, 0.15) is 30.4 Å². The van der Waals surface area contributed by atoms with Crippen LogP contribution in [0.4, 0.5) is 4.39 Å². The number of rotatable bonds is 2. The van der Waals surface area contributed by atoms with Gasteiger partial charge in [0.05, 0.1) is 5.33 Å². The van der Waals surface area contributed by atoms with Gasteiger partial charge >= 0.3 is 0 Å². The Balaban J connectivity index is 1.91. The van der Waals surface area contributed by atoms with Gasteiger partial charge in [-0.2, -0.15) is 0 Å². The minimum Gasteiger partial charge on any atom is -0.334 e. The lowest BCUT2D eigenvalue weighted by Crippen LogP contribution is -2.41. The van der Waals surface area contributed by atoms with Crippen molar-refractivity contribution in [2.24, 2.45) is 5.92 Å². The first kappa shape index (κ1) is 13.1. The van der Waals surface area contributed by atoms with E-state index in [4.69, 9.17) is 0 Å². The zero-order valence-electron chi connectivity index (χ0n) is 10.7. The summed E-state index contributed by atoms with van der Waals surface area (Å²) in [4.78, 5) is 14.1. The van der Waals surface area contributed by atoms with Crippen molar-refractivity contribution in [1.82, 2.24) is 4.90 Å². The maximum absolute atomic E-state index is 13.3. The molecule has 1 aliphatic carbocycles. The Morgan fingerprint density at radius 2 is 2.11 bits per heavy atom. The summed E-state index contributed by atoms with van der Waals surface area (Å²) in [5.74, 6) is 0.623. The fraction of sp³-hybridized carbons (Fsp3) is 0.533. The van der Waals surface area contributed by atoms with Crippen molar-refractivity contribution < 1.29 is 9.18 Å². The van der Waals surface area contributed by atoms with Crippen molar-refractivity contribution in [3.63, 3.8) is 0 Å². The van der Waals surface area contributed by atoms with Gasteiger partial charge in [0.15, 0.2) is 0 Å². The maximum Gasteiger partial charge on any atom is 0.233 e. The number of fused-ring (bicyclic) bond motifs is 1. The van der Waals surface area contributed by atoms with Gasteiger partial charge in [-0.3, -0.25) is 4.79 Å². The van der Waals surface area contributed by atoms with Crippen LogP contribution in [0.3, 0.4) is 0 Å². The summed E-state index contributed by atoms with van der Waals surface area (Å²) in [5.41, 5.74) is 2.16. The molecule has 1 heterocycles. The van der Waals surface area contributed by atoms with Crippen molar-refractivity contribution in [1.29, 1.82) is 0 Å². The molecule has 1 aromatic rings. The summed E-state index contributed by atoms with van der Waals surface area (Å²) < 4.78 is 13.3. The third-order valence-corrected chi connectivity index (χ3v) is 4.70. The first-order chi connectivity index (χ1) is 9.19. The smallest absolute Gasteiger partial charge is 0.233 e. The van der Waals surface area contributed by atoms with Crippen molar-refractivity contribution in [3.8, 4) is 0 Å². The molecule has 1 saturated carbocycles. The summed E-state index contributed by atoms with van der Waals surface area (Å²) in [5, 5.41) is 0.368. The van der Waals surface area contributed by atoms with E-state index in [0.717, 1.165) is 24.0 Å². The molecule has 3 rings (SSSR count). The Morgan fingerprint density at radius 3 is 2.79 bits per heavy atom. The van der Waals surface area contributed by atoms with Crippen LogP contribution in [-0.2, 0) is 17.8 Å². The zero-order chi connectivity index (χ0) is 13.4. The molecule has 0 unspecified atom stereocenters. The molecule has 1 aliphatic heterocycles. The molecule has 2 nitrogen and oxygen atoms in total. The predicted molar refractivity (Wildman–Crippen MR) is 75.6 cm³/mol. The Labute approximate surface area is 121 Å². The Hall–Kier alpha value is -0.900. The fourth-order valence-corrected chi connectivity index (χ4v) is 3.38. The first-order valence-electron chi connectivity index (χ1n) is 6.82. The van der Waals surface area contributed by atoms with Crippen LogP contribution in [0.2, 0.25) is 0 Å². The van der Waals surface area contributed by atoms with E-state index in [0.29, 0.717) is 23.8 Å². The second-order valence-electron chi connectivity index (χ2n) is 5.51. The molecule has 1 atom stereocenters. The summed E-state index contributed by atoms with van der Waals surface area (Å²) in [7, 11) is 0. The van der Waals surface area contributed by atoms with E-state index in [-0.39, 0.29) is 11.7 Å². The van der Waals surface area contributed by atoms with E-state index in [2.05, 4.69) is 15.9 Å². The number of amides is 1. The Morgan fingerprint density at radius 1 is 1.32 bits per heavy atom. The number of benzene rings is 1. The average Bonchev–Trinajstić information content (AvgIpc) is 3.22. The van der Waals surface area contributed by atoms with Gasteiger partial charge in [-0.05, 0) is 54.9 Å². The van der Waals surface area contributed by atoms with Crippen molar-refractivity contribution in [2.75, 3.05) is 5.33 Å². The molecule has 102 valence electrons. The second kappa shape index (κ2) is 5.23. The van der Waals surface area contributed by atoms with Crippen molar-refractivity contribution in [3.05, 3.63) is 35.1 Å². The average molecular weight is 326 g/mol. The molecule has 0 N–H and O–H groups in total. The van der Waals surface area contributed by atoms with Gasteiger partial charge < -0.3 is 4.90 Å². The number of aryl methyl sites for hydroxylation is 1. The summed E-state index contributed by atoms with van der Waals surface area (Å²) in [6, 6.07) is 5.28. The SMILES string of the molecule is O=C(CBr)N1Cc2ccc(F)cc2CC[C@@H]1C1CC1. The third kappa shape index (κ3) is 2.69. The predicted octanol–water partition coefficient (Wildman–Crippen LogP) is 3.27. The molecule has 1 fully saturated rings. The van der Waals surface area contributed by atoms with Crippen LogP contribution in [0, 0.1) is 11.7 Å². The normalized spacial score (nSPS) is 22.8. The van der Waals surface area contributed by atoms with Gasteiger partial charge in [0, 0.05) is 12.6 Å². The van der Waals surface area contributed by atoms with Gasteiger partial charge in [-0.25, -0.2) is 4.39 Å². The highest BCUT2D eigenvalue weighted by Crippen LogP contribution is 2.39. The minimum atomic E-state index is -0.179. The molecular formula is C15H17BrFNO. The molecular weight excluding hydrogens is 309 g/mol. The molecule has 0 aromatic heterocycles. The summed E-state index contributed by atoms with van der Waals surface area (Å²) >= 11 is 3.27. The fourth-order valence-electron chi connectivity index (χ4n) is 3.06. The van der Waals surface area contributed by atoms with Gasteiger partial charge in [0.1, 0.15) is 5.82 Å². The van der Waals surface area contributed by atoms with Gasteiger partial charge in [-0.1, -0.05) is 22.0 Å². The lowest BCUT2D eigenvalue weighted by molar-refractivity contribution is -0.131. The van der Waals surface area contributed by atoms with Crippen LogP contribution in [-0.4, -0.2) is 22.2 Å². The summed E-state index contributed by atoms with van der Waals surface area (Å²) in [6.45, 7) is 0.626. The number of alkyl halides is 1. The van der Waals surface area contributed by atoms with E-state index < -0.39 is 0 Å². The Bertz CT molecular complexity index is 501. The molecule has 0 bridgehead atoms. The molecule has 0 spiro atoms. The quantitative estimate of drug-likeness (QED) is 0.764. The number of nitrogens with zero attached hydrogens (tertiary/aromatic N) is 1. The monoisotopic (exact) mass is 325 g/mol. The first-order valence-corrected chi connectivity index (χ1v) is 7.94. The number of carbonyl (C=O) groups is 1. The molecule has 0 radical (unpaired) electrons. The van der Waals surface area contributed by atoms with E-state index >= 15 is 0 Å². The van der Waals surface area contributed by atoms with E-state index in [1.165, 1.54) is 18.9 Å².